The maximum Gasteiger partial charge on any atom is 0.322 e. The van der Waals surface area contributed by atoms with E-state index in [0.29, 0.717) is 13.1 Å². The minimum absolute atomic E-state index is 0.0459. The molecule has 120 valence electrons. The Bertz CT molecular complexity index is 657. The summed E-state index contributed by atoms with van der Waals surface area (Å²) in [4.78, 5) is 24.3. The molecule has 2 aromatic rings. The van der Waals surface area contributed by atoms with E-state index in [-0.39, 0.29) is 11.7 Å². The predicted molar refractivity (Wildman–Crippen MR) is 89.3 cm³/mol. The Balaban J connectivity index is 2.05. The second-order valence-electron chi connectivity index (χ2n) is 5.14. The predicted octanol–water partition coefficient (Wildman–Crippen LogP) is 4.04. The lowest BCUT2D eigenvalue weighted by Crippen LogP contribution is -2.35. The van der Waals surface area contributed by atoms with Crippen LogP contribution in [0.4, 0.5) is 16.2 Å². The Kier molecular flexibility index (Phi) is 5.68. The summed E-state index contributed by atoms with van der Waals surface area (Å²) < 4.78 is 0. The van der Waals surface area contributed by atoms with E-state index in [1.54, 1.807) is 17.0 Å². The molecule has 0 spiro atoms. The van der Waals surface area contributed by atoms with Crippen molar-refractivity contribution in [3.05, 3.63) is 70.3 Å². The second kappa shape index (κ2) is 7.93. The lowest BCUT2D eigenvalue weighted by Gasteiger charge is -2.22. The molecule has 0 heterocycles. The number of nitro benzene ring substituents is 1. The van der Waals surface area contributed by atoms with Crippen molar-refractivity contribution in [3.8, 4) is 0 Å². The van der Waals surface area contributed by atoms with Gasteiger partial charge in [0.1, 0.15) is 0 Å². The van der Waals surface area contributed by atoms with Crippen molar-refractivity contribution in [2.24, 2.45) is 0 Å². The van der Waals surface area contributed by atoms with Crippen LogP contribution in [0.1, 0.15) is 18.9 Å². The molecule has 0 atom stereocenters. The maximum atomic E-state index is 12.4. The molecule has 2 aromatic carbocycles. The fourth-order valence-corrected chi connectivity index (χ4v) is 2.19. The second-order valence-corrected chi connectivity index (χ2v) is 5.14. The first-order valence-electron chi connectivity index (χ1n) is 7.44. The normalized spacial score (nSPS) is 10.1. The molecule has 0 aliphatic carbocycles. The molecule has 6 heteroatoms. The molecular formula is C17H19N3O3. The molecule has 0 fully saturated rings. The number of urea groups is 1. The monoisotopic (exact) mass is 313 g/mol. The molecule has 6 nitrogen and oxygen atoms in total. The Labute approximate surface area is 134 Å². The zero-order valence-corrected chi connectivity index (χ0v) is 12.9. The number of hydrogen-bond acceptors (Lipinski definition) is 3. The molecule has 0 radical (unpaired) electrons. The van der Waals surface area contributed by atoms with Crippen molar-refractivity contribution in [3.63, 3.8) is 0 Å². The molecule has 2 rings (SSSR count). The minimum atomic E-state index is -0.435. The summed E-state index contributed by atoms with van der Waals surface area (Å²) >= 11 is 0. The maximum absolute atomic E-state index is 12.4. The highest BCUT2D eigenvalue weighted by molar-refractivity contribution is 5.89. The van der Waals surface area contributed by atoms with Gasteiger partial charge in [0, 0.05) is 30.9 Å². The summed E-state index contributed by atoms with van der Waals surface area (Å²) in [5, 5.41) is 13.5. The summed E-state index contributed by atoms with van der Waals surface area (Å²) in [7, 11) is 0. The Morgan fingerprint density at radius 1 is 1.13 bits per heavy atom. The van der Waals surface area contributed by atoms with Crippen LogP contribution in [-0.2, 0) is 6.54 Å². The van der Waals surface area contributed by atoms with Crippen LogP contribution < -0.4 is 5.32 Å². The van der Waals surface area contributed by atoms with Crippen LogP contribution in [0.2, 0.25) is 0 Å². The molecule has 0 saturated carbocycles. The van der Waals surface area contributed by atoms with Crippen LogP contribution in [0.3, 0.4) is 0 Å². The number of non-ortho nitro benzene ring substituents is 1. The highest BCUT2D eigenvalue weighted by Gasteiger charge is 2.14. The van der Waals surface area contributed by atoms with Gasteiger partial charge in [-0.3, -0.25) is 10.1 Å². The third-order valence-corrected chi connectivity index (χ3v) is 3.33. The van der Waals surface area contributed by atoms with Crippen molar-refractivity contribution in [2.75, 3.05) is 11.9 Å². The number of nitro groups is 1. The van der Waals surface area contributed by atoms with Gasteiger partial charge < -0.3 is 10.2 Å². The fraction of sp³-hybridized carbons (Fsp3) is 0.235. The van der Waals surface area contributed by atoms with Gasteiger partial charge in [-0.2, -0.15) is 0 Å². The van der Waals surface area contributed by atoms with E-state index >= 15 is 0 Å². The van der Waals surface area contributed by atoms with E-state index in [0.717, 1.165) is 17.7 Å². The van der Waals surface area contributed by atoms with E-state index in [1.165, 1.54) is 12.1 Å². The van der Waals surface area contributed by atoms with Gasteiger partial charge in [-0.25, -0.2) is 4.79 Å². The number of carbonyl (C=O) groups is 1. The summed E-state index contributed by atoms with van der Waals surface area (Å²) in [6.45, 7) is 3.01. The standard InChI is InChI=1S/C17H19N3O3/c1-2-12-19(17(21)18-15-6-4-3-5-7-15)13-14-8-10-16(11-9-14)20(22)23/h3-11H,2,12-13H2,1H3,(H,18,21). The van der Waals surface area contributed by atoms with Crippen molar-refractivity contribution < 1.29 is 9.72 Å². The molecule has 2 amide bonds. The SMILES string of the molecule is CCCN(Cc1ccc([N+](=O)[O-])cc1)C(=O)Nc1ccccc1. The van der Waals surface area contributed by atoms with Crippen LogP contribution >= 0.6 is 0 Å². The van der Waals surface area contributed by atoms with Crippen molar-refractivity contribution in [1.82, 2.24) is 4.90 Å². The van der Waals surface area contributed by atoms with Crippen molar-refractivity contribution in [1.29, 1.82) is 0 Å². The zero-order chi connectivity index (χ0) is 16.7. The summed E-state index contributed by atoms with van der Waals surface area (Å²) in [6.07, 6.45) is 0.829. The van der Waals surface area contributed by atoms with Gasteiger partial charge in [0.2, 0.25) is 0 Å². The smallest absolute Gasteiger partial charge is 0.320 e. The van der Waals surface area contributed by atoms with Gasteiger partial charge in [0.15, 0.2) is 0 Å². The molecule has 0 saturated heterocycles. The van der Waals surface area contributed by atoms with Crippen LogP contribution in [0, 0.1) is 10.1 Å². The lowest BCUT2D eigenvalue weighted by atomic mass is 10.2. The van der Waals surface area contributed by atoms with Gasteiger partial charge in [0.05, 0.1) is 4.92 Å². The molecular weight excluding hydrogens is 294 g/mol. The molecule has 1 N–H and O–H groups in total. The number of para-hydroxylation sites is 1. The highest BCUT2D eigenvalue weighted by atomic mass is 16.6. The van der Waals surface area contributed by atoms with Gasteiger partial charge >= 0.3 is 6.03 Å². The highest BCUT2D eigenvalue weighted by Crippen LogP contribution is 2.15. The van der Waals surface area contributed by atoms with Crippen molar-refractivity contribution in [2.45, 2.75) is 19.9 Å². The number of anilines is 1. The molecule has 0 bridgehead atoms. The Hall–Kier alpha value is -2.89. The lowest BCUT2D eigenvalue weighted by molar-refractivity contribution is -0.384. The van der Waals surface area contributed by atoms with E-state index in [9.17, 15) is 14.9 Å². The first kappa shape index (κ1) is 16.5. The molecule has 23 heavy (non-hydrogen) atoms. The Morgan fingerprint density at radius 2 is 1.78 bits per heavy atom. The topological polar surface area (TPSA) is 75.5 Å². The van der Waals surface area contributed by atoms with Gasteiger partial charge in [-0.15, -0.1) is 0 Å². The van der Waals surface area contributed by atoms with Gasteiger partial charge in [0.25, 0.3) is 5.69 Å². The number of hydrogen-bond donors (Lipinski definition) is 1. The summed E-state index contributed by atoms with van der Waals surface area (Å²) in [5.74, 6) is 0. The summed E-state index contributed by atoms with van der Waals surface area (Å²) in [5.41, 5.74) is 1.64. The quantitative estimate of drug-likeness (QED) is 0.646. The number of benzene rings is 2. The van der Waals surface area contributed by atoms with Crippen LogP contribution in [0.15, 0.2) is 54.6 Å². The van der Waals surface area contributed by atoms with Gasteiger partial charge in [-0.05, 0) is 24.1 Å². The van der Waals surface area contributed by atoms with Crippen molar-refractivity contribution >= 4 is 17.4 Å². The Morgan fingerprint density at radius 3 is 2.35 bits per heavy atom. The van der Waals surface area contributed by atoms with Crippen LogP contribution in [0.5, 0.6) is 0 Å². The minimum Gasteiger partial charge on any atom is -0.320 e. The fourth-order valence-electron chi connectivity index (χ4n) is 2.19. The average Bonchev–Trinajstić information content (AvgIpc) is 2.56. The molecule has 0 aliphatic heterocycles. The first-order valence-corrected chi connectivity index (χ1v) is 7.44. The third kappa shape index (κ3) is 4.81. The third-order valence-electron chi connectivity index (χ3n) is 3.33. The van der Waals surface area contributed by atoms with E-state index < -0.39 is 4.92 Å². The first-order chi connectivity index (χ1) is 11.1. The number of amides is 2. The van der Waals surface area contributed by atoms with Crippen LogP contribution in [0.25, 0.3) is 0 Å². The molecule has 0 aromatic heterocycles. The van der Waals surface area contributed by atoms with Crippen LogP contribution in [-0.4, -0.2) is 22.4 Å². The zero-order valence-electron chi connectivity index (χ0n) is 12.9. The number of nitrogens with one attached hydrogen (secondary N) is 1. The number of nitrogens with zero attached hydrogens (tertiary/aromatic N) is 2. The molecule has 0 aliphatic rings. The average molecular weight is 313 g/mol. The number of carbonyl (C=O) groups excluding carboxylic acids is 1. The number of rotatable bonds is 6. The largest absolute Gasteiger partial charge is 0.322 e. The van der Waals surface area contributed by atoms with E-state index in [4.69, 9.17) is 0 Å². The molecule has 0 unspecified atom stereocenters. The van der Waals surface area contributed by atoms with E-state index in [2.05, 4.69) is 5.32 Å². The van der Waals surface area contributed by atoms with E-state index in [1.807, 2.05) is 37.3 Å². The van der Waals surface area contributed by atoms with Gasteiger partial charge in [-0.1, -0.05) is 37.3 Å². The summed E-state index contributed by atoms with van der Waals surface area (Å²) in [6, 6.07) is 15.3.